The van der Waals surface area contributed by atoms with Gasteiger partial charge in [0.25, 0.3) is 0 Å². The molecule has 1 unspecified atom stereocenters. The van der Waals surface area contributed by atoms with Crippen LogP contribution in [0, 0.1) is 0 Å². The average Bonchev–Trinajstić information content (AvgIpc) is 2.39. The zero-order valence-electron chi connectivity index (χ0n) is 12.4. The van der Waals surface area contributed by atoms with Gasteiger partial charge in [0.2, 0.25) is 11.8 Å². The van der Waals surface area contributed by atoms with Crippen LogP contribution in [0.1, 0.15) is 65.2 Å². The van der Waals surface area contributed by atoms with Crippen molar-refractivity contribution in [3.8, 4) is 0 Å². The average molecular weight is 268 g/mol. The topological polar surface area (TPSA) is 49.4 Å². The third kappa shape index (κ3) is 5.62. The van der Waals surface area contributed by atoms with E-state index in [9.17, 15) is 9.59 Å². The lowest BCUT2D eigenvalue weighted by atomic mass is 10.1. The van der Waals surface area contributed by atoms with Crippen LogP contribution in [0.2, 0.25) is 0 Å². The van der Waals surface area contributed by atoms with E-state index in [2.05, 4.69) is 12.2 Å². The first-order valence-corrected chi connectivity index (χ1v) is 7.77. The van der Waals surface area contributed by atoms with Crippen LogP contribution in [0.15, 0.2) is 0 Å². The van der Waals surface area contributed by atoms with E-state index in [1.54, 1.807) is 4.90 Å². The Morgan fingerprint density at radius 1 is 1.05 bits per heavy atom. The molecule has 1 atom stereocenters. The molecule has 2 amide bonds. The monoisotopic (exact) mass is 268 g/mol. The van der Waals surface area contributed by atoms with Crippen LogP contribution in [0.5, 0.6) is 0 Å². The Morgan fingerprint density at radius 3 is 2.42 bits per heavy atom. The number of nitrogens with one attached hydrogen (secondary N) is 1. The summed E-state index contributed by atoms with van der Waals surface area (Å²) in [5, 5.41) is 2.79. The second-order valence-electron chi connectivity index (χ2n) is 5.44. The minimum atomic E-state index is -0.286. The second kappa shape index (κ2) is 8.94. The Balaban J connectivity index is 2.27. The van der Waals surface area contributed by atoms with Gasteiger partial charge in [0.15, 0.2) is 0 Å². The zero-order valence-corrected chi connectivity index (χ0v) is 12.4. The van der Waals surface area contributed by atoms with Gasteiger partial charge in [0.1, 0.15) is 6.04 Å². The summed E-state index contributed by atoms with van der Waals surface area (Å²) in [6.07, 6.45) is 8.90. The minimum Gasteiger partial charge on any atom is -0.343 e. The standard InChI is InChI=1S/C15H28N2O2/c1-3-5-6-7-8-9-11-17-12-14(18)16-13(10-4-2)15(17)19/h13H,3-12H2,1-2H3,(H,16,18). The van der Waals surface area contributed by atoms with E-state index in [4.69, 9.17) is 0 Å². The number of unbranched alkanes of at least 4 members (excludes halogenated alkanes) is 5. The molecule has 1 heterocycles. The third-order valence-corrected chi connectivity index (χ3v) is 3.64. The summed E-state index contributed by atoms with van der Waals surface area (Å²) in [5.74, 6) is 0.0963. The van der Waals surface area contributed by atoms with E-state index < -0.39 is 0 Å². The zero-order chi connectivity index (χ0) is 14.1. The Labute approximate surface area is 116 Å². The van der Waals surface area contributed by atoms with E-state index in [0.717, 1.165) is 32.2 Å². The smallest absolute Gasteiger partial charge is 0.245 e. The molecule has 1 aliphatic rings. The summed E-state index contributed by atoms with van der Waals surface area (Å²) in [6, 6.07) is -0.286. The van der Waals surface area contributed by atoms with Crippen molar-refractivity contribution in [1.29, 1.82) is 0 Å². The number of amides is 2. The van der Waals surface area contributed by atoms with E-state index in [1.165, 1.54) is 25.7 Å². The number of carbonyl (C=O) groups excluding carboxylic acids is 2. The lowest BCUT2D eigenvalue weighted by Crippen LogP contribution is -2.58. The molecule has 1 saturated heterocycles. The van der Waals surface area contributed by atoms with E-state index in [-0.39, 0.29) is 24.4 Å². The van der Waals surface area contributed by atoms with E-state index >= 15 is 0 Å². The molecule has 0 aliphatic carbocycles. The Morgan fingerprint density at radius 2 is 1.74 bits per heavy atom. The van der Waals surface area contributed by atoms with Crippen molar-refractivity contribution >= 4 is 11.8 Å². The highest BCUT2D eigenvalue weighted by Crippen LogP contribution is 2.11. The molecule has 4 nitrogen and oxygen atoms in total. The number of carbonyl (C=O) groups is 2. The molecule has 1 fully saturated rings. The van der Waals surface area contributed by atoms with Crippen molar-refractivity contribution in [3.63, 3.8) is 0 Å². The summed E-state index contributed by atoms with van der Waals surface area (Å²) in [7, 11) is 0. The maximum atomic E-state index is 12.1. The molecule has 0 aromatic carbocycles. The maximum Gasteiger partial charge on any atom is 0.245 e. The van der Waals surface area contributed by atoms with Gasteiger partial charge in [-0.25, -0.2) is 0 Å². The summed E-state index contributed by atoms with van der Waals surface area (Å²) in [6.45, 7) is 5.22. The van der Waals surface area contributed by atoms with Crippen molar-refractivity contribution in [2.75, 3.05) is 13.1 Å². The highest BCUT2D eigenvalue weighted by Gasteiger charge is 2.31. The summed E-state index contributed by atoms with van der Waals surface area (Å²) in [4.78, 5) is 25.4. The van der Waals surface area contributed by atoms with Crippen LogP contribution in [0.3, 0.4) is 0 Å². The van der Waals surface area contributed by atoms with Gasteiger partial charge >= 0.3 is 0 Å². The fourth-order valence-corrected chi connectivity index (χ4v) is 2.53. The molecule has 110 valence electrons. The van der Waals surface area contributed by atoms with E-state index in [1.807, 2.05) is 6.92 Å². The second-order valence-corrected chi connectivity index (χ2v) is 5.44. The highest BCUT2D eigenvalue weighted by molar-refractivity contribution is 5.94. The molecule has 4 heteroatoms. The molecule has 0 spiro atoms. The molecule has 0 bridgehead atoms. The largest absolute Gasteiger partial charge is 0.343 e. The number of piperazine rings is 1. The van der Waals surface area contributed by atoms with Gasteiger partial charge < -0.3 is 10.2 Å². The lowest BCUT2D eigenvalue weighted by Gasteiger charge is -2.32. The third-order valence-electron chi connectivity index (χ3n) is 3.64. The van der Waals surface area contributed by atoms with Gasteiger partial charge in [0, 0.05) is 6.54 Å². The molecule has 0 aromatic rings. The molecule has 0 aromatic heterocycles. The van der Waals surface area contributed by atoms with Crippen molar-refractivity contribution in [2.24, 2.45) is 0 Å². The molecule has 0 saturated carbocycles. The van der Waals surface area contributed by atoms with Crippen LogP contribution in [0.4, 0.5) is 0 Å². The SMILES string of the molecule is CCCCCCCCN1CC(=O)NC(CCC)C1=O. The van der Waals surface area contributed by atoms with Gasteiger partial charge in [0.05, 0.1) is 6.54 Å². The maximum absolute atomic E-state index is 12.1. The van der Waals surface area contributed by atoms with Crippen LogP contribution in [-0.4, -0.2) is 35.8 Å². The first kappa shape index (κ1) is 16.0. The molecular weight excluding hydrogens is 240 g/mol. The van der Waals surface area contributed by atoms with Crippen LogP contribution >= 0.6 is 0 Å². The van der Waals surface area contributed by atoms with E-state index in [0.29, 0.717) is 0 Å². The number of hydrogen-bond acceptors (Lipinski definition) is 2. The fraction of sp³-hybridized carbons (Fsp3) is 0.867. The van der Waals surface area contributed by atoms with Gasteiger partial charge in [-0.05, 0) is 12.8 Å². The Hall–Kier alpha value is -1.06. The predicted octanol–water partition coefficient (Wildman–Crippen LogP) is 2.47. The predicted molar refractivity (Wildman–Crippen MR) is 76.8 cm³/mol. The summed E-state index contributed by atoms with van der Waals surface area (Å²) >= 11 is 0. The van der Waals surface area contributed by atoms with Gasteiger partial charge in [-0.2, -0.15) is 0 Å². The van der Waals surface area contributed by atoms with Crippen LogP contribution in [-0.2, 0) is 9.59 Å². The molecular formula is C15H28N2O2. The van der Waals surface area contributed by atoms with Gasteiger partial charge in [-0.3, -0.25) is 9.59 Å². The number of hydrogen-bond donors (Lipinski definition) is 1. The molecule has 1 rings (SSSR count). The fourth-order valence-electron chi connectivity index (χ4n) is 2.53. The Bertz CT molecular complexity index is 292. The first-order valence-electron chi connectivity index (χ1n) is 7.77. The van der Waals surface area contributed by atoms with Crippen molar-refractivity contribution in [1.82, 2.24) is 10.2 Å². The molecule has 1 aliphatic heterocycles. The van der Waals surface area contributed by atoms with Crippen molar-refractivity contribution in [2.45, 2.75) is 71.3 Å². The van der Waals surface area contributed by atoms with Gasteiger partial charge in [-0.1, -0.05) is 52.4 Å². The summed E-state index contributed by atoms with van der Waals surface area (Å²) < 4.78 is 0. The number of rotatable bonds is 9. The molecule has 0 radical (unpaired) electrons. The quantitative estimate of drug-likeness (QED) is 0.653. The van der Waals surface area contributed by atoms with Crippen LogP contribution < -0.4 is 5.32 Å². The van der Waals surface area contributed by atoms with Gasteiger partial charge in [-0.15, -0.1) is 0 Å². The molecule has 19 heavy (non-hydrogen) atoms. The molecule has 1 N–H and O–H groups in total. The van der Waals surface area contributed by atoms with Crippen molar-refractivity contribution in [3.05, 3.63) is 0 Å². The Kier molecular flexibility index (Phi) is 7.53. The highest BCUT2D eigenvalue weighted by atomic mass is 16.2. The minimum absolute atomic E-state index is 0.0102. The van der Waals surface area contributed by atoms with Crippen molar-refractivity contribution < 1.29 is 9.59 Å². The van der Waals surface area contributed by atoms with Crippen LogP contribution in [0.25, 0.3) is 0 Å². The number of nitrogens with zero attached hydrogens (tertiary/aromatic N) is 1. The first-order chi connectivity index (χ1) is 9.19. The normalized spacial score (nSPS) is 19.7. The lowest BCUT2D eigenvalue weighted by molar-refractivity contribution is -0.144. The summed E-state index contributed by atoms with van der Waals surface area (Å²) in [5.41, 5.74) is 0.